The quantitative estimate of drug-likeness (QED) is 0.573. The Bertz CT molecular complexity index is 661. The highest BCUT2D eigenvalue weighted by Crippen LogP contribution is 2.76. The molecule has 0 radical (unpaired) electrons. The first-order valence-corrected chi connectivity index (χ1v) is 11.1. The van der Waals surface area contributed by atoms with Crippen LogP contribution < -0.4 is 0 Å². The fraction of sp³-hybridized carbons (Fsp3) is 0.833. The predicted molar refractivity (Wildman–Crippen MR) is 105 cm³/mol. The Morgan fingerprint density at radius 1 is 1.31 bits per heavy atom. The molecule has 2 heteroatoms. The van der Waals surface area contributed by atoms with Gasteiger partial charge >= 0.3 is 0 Å². The van der Waals surface area contributed by atoms with E-state index in [1.54, 1.807) is 5.57 Å². The summed E-state index contributed by atoms with van der Waals surface area (Å²) in [7, 11) is 1.83. The molecule has 7 atom stereocenters. The molecule has 0 bridgehead atoms. The number of fused-ring (bicyclic) bond motifs is 6. The highest BCUT2D eigenvalue weighted by Gasteiger charge is 2.75. The van der Waals surface area contributed by atoms with Crippen LogP contribution in [0.2, 0.25) is 0 Å². The van der Waals surface area contributed by atoms with Gasteiger partial charge in [-0.15, -0.1) is 0 Å². The molecular weight excluding hydrogens is 320 g/mol. The van der Waals surface area contributed by atoms with Crippen molar-refractivity contribution in [3.63, 3.8) is 0 Å². The van der Waals surface area contributed by atoms with Crippen molar-refractivity contribution in [2.45, 2.75) is 90.3 Å². The average Bonchev–Trinajstić information content (AvgIpc) is 3.30. The van der Waals surface area contributed by atoms with E-state index in [4.69, 9.17) is 9.47 Å². The molecule has 1 unspecified atom stereocenters. The van der Waals surface area contributed by atoms with E-state index >= 15 is 0 Å². The fourth-order valence-corrected chi connectivity index (χ4v) is 7.63. The summed E-state index contributed by atoms with van der Waals surface area (Å²) in [5.41, 5.74) is 4.20. The Morgan fingerprint density at radius 2 is 2.15 bits per heavy atom. The van der Waals surface area contributed by atoms with Gasteiger partial charge in [-0.2, -0.15) is 0 Å². The molecule has 0 aromatic heterocycles. The average molecular weight is 357 g/mol. The number of hydrogen-bond donors (Lipinski definition) is 0. The van der Waals surface area contributed by atoms with Gasteiger partial charge in [-0.1, -0.05) is 25.0 Å². The Kier molecular flexibility index (Phi) is 3.91. The van der Waals surface area contributed by atoms with Crippen molar-refractivity contribution < 1.29 is 9.47 Å². The minimum atomic E-state index is 0.239. The zero-order chi connectivity index (χ0) is 18.1. The van der Waals surface area contributed by atoms with Gasteiger partial charge in [0, 0.05) is 11.8 Å². The largest absolute Gasteiger partial charge is 0.501 e. The van der Waals surface area contributed by atoms with Crippen LogP contribution in [0.25, 0.3) is 0 Å². The highest BCUT2D eigenvalue weighted by atomic mass is 16.5. The smallest absolute Gasteiger partial charge is 0.0959 e. The van der Waals surface area contributed by atoms with Gasteiger partial charge in [-0.3, -0.25) is 0 Å². The van der Waals surface area contributed by atoms with E-state index in [1.807, 2.05) is 12.7 Å². The minimum Gasteiger partial charge on any atom is -0.501 e. The van der Waals surface area contributed by atoms with Crippen LogP contribution in [0.5, 0.6) is 0 Å². The molecule has 0 aliphatic heterocycles. The first-order chi connectivity index (χ1) is 12.5. The number of rotatable bonds is 4. The van der Waals surface area contributed by atoms with Crippen LogP contribution >= 0.6 is 0 Å². The molecule has 5 aliphatic carbocycles. The number of allylic oxidation sites excluding steroid dienone is 3. The summed E-state index contributed by atoms with van der Waals surface area (Å²) in [5.74, 6) is 4.71. The SMILES string of the molecule is CCC(C)O[C@@]12C[C@@H]1C[C@H]1[C@@H]3CCC4=C(CC=C(OC)C4)[C@H]3CC[C@@]12C. The maximum absolute atomic E-state index is 6.77. The van der Waals surface area contributed by atoms with Gasteiger partial charge in [0.05, 0.1) is 24.6 Å². The van der Waals surface area contributed by atoms with Gasteiger partial charge in [0.2, 0.25) is 0 Å². The Balaban J connectivity index is 1.39. The molecule has 0 spiro atoms. The molecule has 3 saturated carbocycles. The van der Waals surface area contributed by atoms with Crippen molar-refractivity contribution in [2.24, 2.45) is 29.1 Å². The molecule has 0 aromatic carbocycles. The lowest BCUT2D eigenvalue weighted by atomic mass is 9.53. The summed E-state index contributed by atoms with van der Waals surface area (Å²) in [6, 6.07) is 0. The summed E-state index contributed by atoms with van der Waals surface area (Å²) >= 11 is 0. The highest BCUT2D eigenvalue weighted by molar-refractivity contribution is 5.34. The molecule has 144 valence electrons. The molecule has 3 fully saturated rings. The Labute approximate surface area is 159 Å². The van der Waals surface area contributed by atoms with Crippen molar-refractivity contribution in [1.82, 2.24) is 0 Å². The van der Waals surface area contributed by atoms with Gasteiger partial charge < -0.3 is 9.47 Å². The molecule has 0 saturated heterocycles. The van der Waals surface area contributed by atoms with Gasteiger partial charge in [0.25, 0.3) is 0 Å². The van der Waals surface area contributed by atoms with Crippen molar-refractivity contribution in [2.75, 3.05) is 7.11 Å². The molecular formula is C24H36O2. The summed E-state index contributed by atoms with van der Waals surface area (Å²) in [6.45, 7) is 7.16. The van der Waals surface area contributed by atoms with Crippen molar-refractivity contribution in [3.05, 3.63) is 23.0 Å². The first kappa shape index (κ1) is 17.3. The normalized spacial score (nSPS) is 47.3. The molecule has 5 rings (SSSR count). The van der Waals surface area contributed by atoms with Gasteiger partial charge in [-0.05, 0) is 88.0 Å². The third-order valence-corrected chi connectivity index (χ3v) is 9.25. The zero-order valence-electron chi connectivity index (χ0n) is 17.1. The van der Waals surface area contributed by atoms with Crippen molar-refractivity contribution in [1.29, 1.82) is 0 Å². The second kappa shape index (κ2) is 5.87. The number of hydrogen-bond acceptors (Lipinski definition) is 2. The lowest BCUT2D eigenvalue weighted by Gasteiger charge is -2.53. The molecule has 2 nitrogen and oxygen atoms in total. The van der Waals surface area contributed by atoms with Crippen LogP contribution in [0.15, 0.2) is 23.0 Å². The maximum Gasteiger partial charge on any atom is 0.0959 e. The molecule has 0 aromatic rings. The van der Waals surface area contributed by atoms with Gasteiger partial charge in [0.15, 0.2) is 0 Å². The van der Waals surface area contributed by atoms with Crippen LogP contribution in [0.1, 0.15) is 78.6 Å². The van der Waals surface area contributed by atoms with Crippen LogP contribution in [-0.2, 0) is 9.47 Å². The van der Waals surface area contributed by atoms with E-state index in [9.17, 15) is 0 Å². The van der Waals surface area contributed by atoms with E-state index in [0.29, 0.717) is 11.5 Å². The third-order valence-electron chi connectivity index (χ3n) is 9.25. The molecule has 26 heavy (non-hydrogen) atoms. The van der Waals surface area contributed by atoms with Crippen molar-refractivity contribution >= 4 is 0 Å². The lowest BCUT2D eigenvalue weighted by molar-refractivity contribution is -0.128. The molecule has 5 aliphatic rings. The lowest BCUT2D eigenvalue weighted by Crippen LogP contribution is -2.49. The van der Waals surface area contributed by atoms with Crippen LogP contribution in [0.4, 0.5) is 0 Å². The van der Waals surface area contributed by atoms with E-state index in [2.05, 4.69) is 26.8 Å². The van der Waals surface area contributed by atoms with Crippen LogP contribution in [0.3, 0.4) is 0 Å². The third kappa shape index (κ3) is 2.20. The number of ether oxygens (including phenoxy) is 2. The number of methoxy groups -OCH3 is 1. The van der Waals surface area contributed by atoms with E-state index < -0.39 is 0 Å². The predicted octanol–water partition coefficient (Wildman–Crippen LogP) is 6.03. The summed E-state index contributed by atoms with van der Waals surface area (Å²) < 4.78 is 12.3. The van der Waals surface area contributed by atoms with E-state index in [-0.39, 0.29) is 5.60 Å². The van der Waals surface area contributed by atoms with E-state index in [0.717, 1.165) is 42.9 Å². The topological polar surface area (TPSA) is 18.5 Å². The minimum absolute atomic E-state index is 0.239. The Hall–Kier alpha value is -0.760. The molecule has 0 N–H and O–H groups in total. The summed E-state index contributed by atoms with van der Waals surface area (Å²) in [6.07, 6.45) is 14.4. The summed E-state index contributed by atoms with van der Waals surface area (Å²) in [4.78, 5) is 0. The maximum atomic E-state index is 6.77. The summed E-state index contributed by atoms with van der Waals surface area (Å²) in [5, 5.41) is 0. The molecule has 0 heterocycles. The van der Waals surface area contributed by atoms with Crippen molar-refractivity contribution in [3.8, 4) is 0 Å². The Morgan fingerprint density at radius 3 is 2.92 bits per heavy atom. The second-order valence-corrected chi connectivity index (χ2v) is 10.1. The second-order valence-electron chi connectivity index (χ2n) is 10.1. The standard InChI is InChI=1S/C24H36O2/c1-5-15(2)26-24-14-17(24)13-22-21-8-6-16-12-18(25-4)7-9-19(16)20(21)10-11-23(22,24)3/h7,15,17,20-22H,5-6,8-14H2,1-4H3/t15?,17-,20+,21+,22-,23-,24-/m0/s1. The fourth-order valence-electron chi connectivity index (χ4n) is 7.63. The van der Waals surface area contributed by atoms with Crippen LogP contribution in [-0.4, -0.2) is 18.8 Å². The van der Waals surface area contributed by atoms with E-state index in [1.165, 1.54) is 44.3 Å². The first-order valence-electron chi connectivity index (χ1n) is 11.1. The van der Waals surface area contributed by atoms with Crippen LogP contribution in [0, 0.1) is 29.1 Å². The van der Waals surface area contributed by atoms with Gasteiger partial charge in [0.1, 0.15) is 0 Å². The van der Waals surface area contributed by atoms with Gasteiger partial charge in [-0.25, -0.2) is 0 Å². The monoisotopic (exact) mass is 356 g/mol. The zero-order valence-corrected chi connectivity index (χ0v) is 17.1. The molecule has 0 amide bonds.